The van der Waals surface area contributed by atoms with Crippen LogP contribution in [-0.2, 0) is 0 Å². The van der Waals surface area contributed by atoms with Crippen molar-refractivity contribution in [3.63, 3.8) is 0 Å². The third-order valence-electron chi connectivity index (χ3n) is 3.93. The first-order valence-corrected chi connectivity index (χ1v) is 7.74. The minimum atomic E-state index is 0.00435. The van der Waals surface area contributed by atoms with Gasteiger partial charge in [0.2, 0.25) is 0 Å². The molecule has 0 aromatic carbocycles. The van der Waals surface area contributed by atoms with Gasteiger partial charge >= 0.3 is 0 Å². The molecule has 0 radical (unpaired) electrons. The van der Waals surface area contributed by atoms with Crippen LogP contribution >= 0.6 is 0 Å². The molecular weight excluding hydrogens is 264 g/mol. The van der Waals surface area contributed by atoms with E-state index in [0.717, 1.165) is 38.3 Å². The molecule has 0 saturated carbocycles. The van der Waals surface area contributed by atoms with E-state index in [1.807, 2.05) is 19.2 Å². The number of hydrogen-bond donors (Lipinski definition) is 1. The molecule has 5 nitrogen and oxygen atoms in total. The van der Waals surface area contributed by atoms with Crippen molar-refractivity contribution in [1.29, 1.82) is 0 Å². The molecule has 21 heavy (non-hydrogen) atoms. The second-order valence-corrected chi connectivity index (χ2v) is 5.96. The monoisotopic (exact) mass is 290 g/mol. The van der Waals surface area contributed by atoms with E-state index in [1.54, 1.807) is 11.1 Å². The fourth-order valence-electron chi connectivity index (χ4n) is 2.77. The lowest BCUT2D eigenvalue weighted by Crippen LogP contribution is -2.33. The SMILES string of the molecule is CCCNc1ccnc(C(=O)N(C)CC2CCN(C)C2)c1. The molecule has 1 amide bonds. The summed E-state index contributed by atoms with van der Waals surface area (Å²) in [5, 5.41) is 3.29. The summed E-state index contributed by atoms with van der Waals surface area (Å²) in [6.07, 6.45) is 3.92. The molecular formula is C16H26N4O. The van der Waals surface area contributed by atoms with Gasteiger partial charge in [-0.15, -0.1) is 0 Å². The van der Waals surface area contributed by atoms with Crippen molar-refractivity contribution in [3.8, 4) is 0 Å². The van der Waals surface area contributed by atoms with Crippen LogP contribution in [0, 0.1) is 5.92 Å². The van der Waals surface area contributed by atoms with Crippen LogP contribution in [0.4, 0.5) is 5.69 Å². The van der Waals surface area contributed by atoms with Gasteiger partial charge in [-0.1, -0.05) is 6.92 Å². The average molecular weight is 290 g/mol. The molecule has 1 aliphatic heterocycles. The lowest BCUT2D eigenvalue weighted by atomic mass is 10.1. The zero-order chi connectivity index (χ0) is 15.2. The smallest absolute Gasteiger partial charge is 0.272 e. The van der Waals surface area contributed by atoms with E-state index in [9.17, 15) is 4.79 Å². The van der Waals surface area contributed by atoms with Gasteiger partial charge in [-0.05, 0) is 44.5 Å². The van der Waals surface area contributed by atoms with Gasteiger partial charge in [0.1, 0.15) is 5.69 Å². The van der Waals surface area contributed by atoms with Gasteiger partial charge in [0.15, 0.2) is 0 Å². The highest BCUT2D eigenvalue weighted by atomic mass is 16.2. The molecule has 1 N–H and O–H groups in total. The Morgan fingerprint density at radius 3 is 3.05 bits per heavy atom. The summed E-state index contributed by atoms with van der Waals surface area (Å²) in [6, 6.07) is 3.74. The van der Waals surface area contributed by atoms with Crippen LogP contribution in [-0.4, -0.2) is 61.0 Å². The van der Waals surface area contributed by atoms with Crippen molar-refractivity contribution in [3.05, 3.63) is 24.0 Å². The number of carbonyl (C=O) groups excluding carboxylic acids is 1. The van der Waals surface area contributed by atoms with Gasteiger partial charge in [-0.2, -0.15) is 0 Å². The highest BCUT2D eigenvalue weighted by molar-refractivity contribution is 5.92. The van der Waals surface area contributed by atoms with Crippen LogP contribution in [0.2, 0.25) is 0 Å². The predicted octanol–water partition coefficient (Wildman–Crippen LogP) is 1.93. The molecule has 116 valence electrons. The first-order chi connectivity index (χ1) is 10.1. The van der Waals surface area contributed by atoms with E-state index in [4.69, 9.17) is 0 Å². The maximum absolute atomic E-state index is 12.5. The van der Waals surface area contributed by atoms with Crippen molar-refractivity contribution in [1.82, 2.24) is 14.8 Å². The summed E-state index contributed by atoms with van der Waals surface area (Å²) < 4.78 is 0. The number of anilines is 1. The van der Waals surface area contributed by atoms with Crippen molar-refractivity contribution in [2.45, 2.75) is 19.8 Å². The Kier molecular flexibility index (Phi) is 5.56. The summed E-state index contributed by atoms with van der Waals surface area (Å²) in [7, 11) is 4.00. The number of pyridine rings is 1. The second-order valence-electron chi connectivity index (χ2n) is 5.96. The Bertz CT molecular complexity index is 477. The molecule has 2 rings (SSSR count). The highest BCUT2D eigenvalue weighted by Crippen LogP contribution is 2.16. The zero-order valence-corrected chi connectivity index (χ0v) is 13.3. The van der Waals surface area contributed by atoms with Gasteiger partial charge in [-0.25, -0.2) is 0 Å². The second kappa shape index (κ2) is 7.41. The van der Waals surface area contributed by atoms with E-state index in [1.165, 1.54) is 6.42 Å². The van der Waals surface area contributed by atoms with E-state index < -0.39 is 0 Å². The average Bonchev–Trinajstić information content (AvgIpc) is 2.89. The quantitative estimate of drug-likeness (QED) is 0.869. The molecule has 1 aromatic rings. The van der Waals surface area contributed by atoms with E-state index in [2.05, 4.69) is 29.2 Å². The van der Waals surface area contributed by atoms with Gasteiger partial charge < -0.3 is 15.1 Å². The molecule has 5 heteroatoms. The predicted molar refractivity (Wildman–Crippen MR) is 85.6 cm³/mol. The fraction of sp³-hybridized carbons (Fsp3) is 0.625. The Morgan fingerprint density at radius 2 is 2.38 bits per heavy atom. The van der Waals surface area contributed by atoms with Gasteiger partial charge in [-0.3, -0.25) is 9.78 Å². The maximum atomic E-state index is 12.5. The van der Waals surface area contributed by atoms with Crippen molar-refractivity contribution >= 4 is 11.6 Å². The van der Waals surface area contributed by atoms with Crippen LogP contribution in [0.25, 0.3) is 0 Å². The largest absolute Gasteiger partial charge is 0.385 e. The lowest BCUT2D eigenvalue weighted by molar-refractivity contribution is 0.0768. The minimum Gasteiger partial charge on any atom is -0.385 e. The first-order valence-electron chi connectivity index (χ1n) is 7.74. The van der Waals surface area contributed by atoms with Gasteiger partial charge in [0.25, 0.3) is 5.91 Å². The highest BCUT2D eigenvalue weighted by Gasteiger charge is 2.23. The van der Waals surface area contributed by atoms with E-state index >= 15 is 0 Å². The third-order valence-corrected chi connectivity index (χ3v) is 3.93. The lowest BCUT2D eigenvalue weighted by Gasteiger charge is -2.21. The summed E-state index contributed by atoms with van der Waals surface area (Å²) in [5.41, 5.74) is 1.48. The normalized spacial score (nSPS) is 18.7. The summed E-state index contributed by atoms with van der Waals surface area (Å²) >= 11 is 0. The van der Waals surface area contributed by atoms with E-state index in [-0.39, 0.29) is 5.91 Å². The Hall–Kier alpha value is -1.62. The Labute approximate surface area is 127 Å². The molecule has 2 heterocycles. The van der Waals surface area contributed by atoms with Crippen molar-refractivity contribution in [2.75, 3.05) is 45.6 Å². The van der Waals surface area contributed by atoms with Crippen LogP contribution in [0.5, 0.6) is 0 Å². The zero-order valence-electron chi connectivity index (χ0n) is 13.3. The van der Waals surface area contributed by atoms with Crippen molar-refractivity contribution < 1.29 is 4.79 Å². The number of rotatable bonds is 6. The Balaban J connectivity index is 1.95. The Morgan fingerprint density at radius 1 is 1.57 bits per heavy atom. The molecule has 1 atom stereocenters. The van der Waals surface area contributed by atoms with E-state index in [0.29, 0.717) is 11.6 Å². The van der Waals surface area contributed by atoms with Crippen LogP contribution in [0.15, 0.2) is 18.3 Å². The molecule has 1 saturated heterocycles. The van der Waals surface area contributed by atoms with Gasteiger partial charge in [0, 0.05) is 38.6 Å². The number of likely N-dealkylation sites (tertiary alicyclic amines) is 1. The topological polar surface area (TPSA) is 48.5 Å². The fourth-order valence-corrected chi connectivity index (χ4v) is 2.77. The molecule has 1 aliphatic rings. The number of nitrogens with zero attached hydrogens (tertiary/aromatic N) is 3. The molecule has 0 aliphatic carbocycles. The summed E-state index contributed by atoms with van der Waals surface area (Å²) in [6.45, 7) is 6.02. The summed E-state index contributed by atoms with van der Waals surface area (Å²) in [5.74, 6) is 0.579. The molecule has 0 bridgehead atoms. The number of carbonyl (C=O) groups is 1. The first kappa shape index (κ1) is 15.8. The van der Waals surface area contributed by atoms with Crippen LogP contribution < -0.4 is 5.32 Å². The molecule has 1 fully saturated rings. The standard InChI is InChI=1S/C16H26N4O/c1-4-7-17-14-5-8-18-15(10-14)16(21)20(3)12-13-6-9-19(2)11-13/h5,8,10,13H,4,6-7,9,11-12H2,1-3H3,(H,17,18). The number of aromatic nitrogens is 1. The number of hydrogen-bond acceptors (Lipinski definition) is 4. The maximum Gasteiger partial charge on any atom is 0.272 e. The van der Waals surface area contributed by atoms with Crippen molar-refractivity contribution in [2.24, 2.45) is 5.92 Å². The molecule has 1 unspecified atom stereocenters. The molecule has 0 spiro atoms. The summed E-state index contributed by atoms with van der Waals surface area (Å²) in [4.78, 5) is 20.8. The van der Waals surface area contributed by atoms with Crippen LogP contribution in [0.3, 0.4) is 0 Å². The van der Waals surface area contributed by atoms with Gasteiger partial charge in [0.05, 0.1) is 0 Å². The number of amides is 1. The number of nitrogens with one attached hydrogen (secondary N) is 1. The molecule has 1 aromatic heterocycles. The minimum absolute atomic E-state index is 0.00435. The van der Waals surface area contributed by atoms with Crippen LogP contribution in [0.1, 0.15) is 30.3 Å². The third kappa shape index (κ3) is 4.43.